The molecule has 4 rings (SSSR count). The SMILES string of the molecule is CC(C)CCNC(=O)c1ccc2c(c1)Sc1ncccc1C(=O)N2C1CC1. The van der Waals surface area contributed by atoms with E-state index in [1.165, 1.54) is 11.8 Å². The maximum atomic E-state index is 13.1. The van der Waals surface area contributed by atoms with E-state index in [0.29, 0.717) is 28.6 Å². The van der Waals surface area contributed by atoms with E-state index in [-0.39, 0.29) is 17.9 Å². The fourth-order valence-corrected chi connectivity index (χ4v) is 4.23. The number of carbonyl (C=O) groups is 2. The van der Waals surface area contributed by atoms with Crippen LogP contribution >= 0.6 is 11.8 Å². The largest absolute Gasteiger partial charge is 0.352 e. The van der Waals surface area contributed by atoms with Gasteiger partial charge in [-0.1, -0.05) is 25.6 Å². The molecule has 140 valence electrons. The van der Waals surface area contributed by atoms with Gasteiger partial charge >= 0.3 is 0 Å². The second kappa shape index (κ2) is 7.35. The van der Waals surface area contributed by atoms with Crippen molar-refractivity contribution in [1.29, 1.82) is 0 Å². The molecule has 0 radical (unpaired) electrons. The number of nitrogens with zero attached hydrogens (tertiary/aromatic N) is 2. The fraction of sp³-hybridized carbons (Fsp3) is 0.381. The van der Waals surface area contributed by atoms with Gasteiger partial charge in [-0.25, -0.2) is 4.98 Å². The Morgan fingerprint density at radius 2 is 2.15 bits per heavy atom. The predicted molar refractivity (Wildman–Crippen MR) is 106 cm³/mol. The molecular formula is C21H23N3O2S. The number of hydrogen-bond acceptors (Lipinski definition) is 4. The number of hydrogen-bond donors (Lipinski definition) is 1. The lowest BCUT2D eigenvalue weighted by molar-refractivity contribution is 0.0950. The van der Waals surface area contributed by atoms with Crippen molar-refractivity contribution < 1.29 is 9.59 Å². The Morgan fingerprint density at radius 3 is 2.89 bits per heavy atom. The van der Waals surface area contributed by atoms with Crippen molar-refractivity contribution in [2.45, 2.75) is 49.1 Å². The molecule has 0 unspecified atom stereocenters. The monoisotopic (exact) mass is 381 g/mol. The number of amides is 2. The molecule has 0 atom stereocenters. The summed E-state index contributed by atoms with van der Waals surface area (Å²) in [4.78, 5) is 32.8. The number of pyridine rings is 1. The summed E-state index contributed by atoms with van der Waals surface area (Å²) in [5.41, 5.74) is 2.13. The average molecular weight is 382 g/mol. The minimum atomic E-state index is -0.0751. The normalized spacial score (nSPS) is 16.0. The van der Waals surface area contributed by atoms with Crippen LogP contribution in [0, 0.1) is 5.92 Å². The second-order valence-electron chi connectivity index (χ2n) is 7.49. The summed E-state index contributed by atoms with van der Waals surface area (Å²) in [5.74, 6) is 0.475. The highest BCUT2D eigenvalue weighted by atomic mass is 32.2. The van der Waals surface area contributed by atoms with E-state index >= 15 is 0 Å². The molecule has 1 aliphatic heterocycles. The first-order valence-electron chi connectivity index (χ1n) is 9.43. The van der Waals surface area contributed by atoms with Crippen LogP contribution in [0.15, 0.2) is 46.5 Å². The molecule has 0 bridgehead atoms. The Kier molecular flexibility index (Phi) is 4.91. The molecule has 1 aromatic heterocycles. The van der Waals surface area contributed by atoms with Crippen molar-refractivity contribution in [1.82, 2.24) is 10.3 Å². The number of anilines is 1. The smallest absolute Gasteiger partial charge is 0.261 e. The number of nitrogens with one attached hydrogen (secondary N) is 1. The summed E-state index contributed by atoms with van der Waals surface area (Å²) in [6.07, 6.45) is 4.69. The van der Waals surface area contributed by atoms with Crippen molar-refractivity contribution in [3.63, 3.8) is 0 Å². The van der Waals surface area contributed by atoms with Crippen LogP contribution in [0.25, 0.3) is 0 Å². The molecule has 1 aliphatic carbocycles. The Labute approximate surface area is 163 Å². The first-order chi connectivity index (χ1) is 13.0. The molecule has 2 aromatic rings. The van der Waals surface area contributed by atoms with E-state index in [0.717, 1.165) is 29.8 Å². The van der Waals surface area contributed by atoms with Crippen molar-refractivity contribution in [2.24, 2.45) is 5.92 Å². The third kappa shape index (κ3) is 3.72. The van der Waals surface area contributed by atoms with Gasteiger partial charge in [-0.3, -0.25) is 9.59 Å². The third-order valence-electron chi connectivity index (χ3n) is 4.83. The van der Waals surface area contributed by atoms with E-state index < -0.39 is 0 Å². The van der Waals surface area contributed by atoms with Crippen molar-refractivity contribution in [3.8, 4) is 0 Å². The van der Waals surface area contributed by atoms with Crippen LogP contribution in [0.3, 0.4) is 0 Å². The van der Waals surface area contributed by atoms with Gasteiger partial charge in [0.05, 0.1) is 11.3 Å². The van der Waals surface area contributed by atoms with E-state index in [2.05, 4.69) is 24.1 Å². The summed E-state index contributed by atoms with van der Waals surface area (Å²) in [7, 11) is 0. The van der Waals surface area contributed by atoms with E-state index in [1.807, 2.05) is 29.2 Å². The summed E-state index contributed by atoms with van der Waals surface area (Å²) in [6.45, 7) is 4.94. The van der Waals surface area contributed by atoms with Crippen molar-refractivity contribution >= 4 is 29.3 Å². The molecule has 5 nitrogen and oxygen atoms in total. The lowest BCUT2D eigenvalue weighted by atomic mass is 10.1. The van der Waals surface area contributed by atoms with Gasteiger partial charge in [0.25, 0.3) is 11.8 Å². The van der Waals surface area contributed by atoms with Gasteiger partial charge < -0.3 is 10.2 Å². The zero-order valence-corrected chi connectivity index (χ0v) is 16.4. The topological polar surface area (TPSA) is 62.3 Å². The van der Waals surface area contributed by atoms with Gasteiger partial charge in [0.2, 0.25) is 0 Å². The fourth-order valence-electron chi connectivity index (χ4n) is 3.19. The molecule has 1 fully saturated rings. The molecule has 2 aliphatic rings. The van der Waals surface area contributed by atoms with Gasteiger partial charge in [0.15, 0.2) is 0 Å². The summed E-state index contributed by atoms with van der Waals surface area (Å²) in [6, 6.07) is 9.48. The maximum absolute atomic E-state index is 13.1. The Hall–Kier alpha value is -2.34. The van der Waals surface area contributed by atoms with Crippen LogP contribution in [0.1, 0.15) is 53.8 Å². The summed E-state index contributed by atoms with van der Waals surface area (Å²) >= 11 is 1.46. The van der Waals surface area contributed by atoms with Crippen LogP contribution < -0.4 is 10.2 Å². The van der Waals surface area contributed by atoms with Crippen LogP contribution in [0.2, 0.25) is 0 Å². The van der Waals surface area contributed by atoms with E-state index in [1.54, 1.807) is 12.3 Å². The van der Waals surface area contributed by atoms with Gasteiger partial charge in [-0.2, -0.15) is 0 Å². The molecule has 0 spiro atoms. The lowest BCUT2D eigenvalue weighted by Crippen LogP contribution is -2.33. The van der Waals surface area contributed by atoms with Gasteiger partial charge in [0.1, 0.15) is 5.03 Å². The molecule has 2 heterocycles. The van der Waals surface area contributed by atoms with E-state index in [4.69, 9.17) is 0 Å². The van der Waals surface area contributed by atoms with Crippen LogP contribution in [-0.4, -0.2) is 29.4 Å². The zero-order valence-electron chi connectivity index (χ0n) is 15.6. The highest BCUT2D eigenvalue weighted by Crippen LogP contribution is 2.44. The van der Waals surface area contributed by atoms with Gasteiger partial charge in [-0.05, 0) is 55.5 Å². The molecule has 1 saturated carbocycles. The molecule has 1 N–H and O–H groups in total. The number of rotatable bonds is 5. The molecule has 6 heteroatoms. The Balaban J connectivity index is 1.67. The highest BCUT2D eigenvalue weighted by Gasteiger charge is 2.38. The molecule has 1 aromatic carbocycles. The Morgan fingerprint density at radius 1 is 1.33 bits per heavy atom. The summed E-state index contributed by atoms with van der Waals surface area (Å²) in [5, 5.41) is 3.68. The minimum absolute atomic E-state index is 0.000912. The van der Waals surface area contributed by atoms with Crippen LogP contribution in [0.5, 0.6) is 0 Å². The standard InChI is InChI=1S/C21H23N3O2S/c1-13(2)9-11-22-19(25)14-5-8-17-18(12-14)27-20-16(4-3-10-23-20)21(26)24(17)15-6-7-15/h3-5,8,10,12-13,15H,6-7,9,11H2,1-2H3,(H,22,25). The Bertz CT molecular complexity index is 893. The van der Waals surface area contributed by atoms with E-state index in [9.17, 15) is 9.59 Å². The quantitative estimate of drug-likeness (QED) is 0.846. The zero-order chi connectivity index (χ0) is 19.0. The van der Waals surface area contributed by atoms with Crippen LogP contribution in [0.4, 0.5) is 5.69 Å². The van der Waals surface area contributed by atoms with Gasteiger partial charge in [-0.15, -0.1) is 0 Å². The molecule has 27 heavy (non-hydrogen) atoms. The first-order valence-corrected chi connectivity index (χ1v) is 10.2. The molecule has 2 amide bonds. The van der Waals surface area contributed by atoms with Gasteiger partial charge in [0, 0.05) is 29.2 Å². The van der Waals surface area contributed by atoms with Crippen molar-refractivity contribution in [3.05, 3.63) is 47.7 Å². The summed E-state index contributed by atoms with van der Waals surface area (Å²) < 4.78 is 0. The molecular weight excluding hydrogens is 358 g/mol. The number of fused-ring (bicyclic) bond motifs is 2. The second-order valence-corrected chi connectivity index (χ2v) is 8.52. The lowest BCUT2D eigenvalue weighted by Gasteiger charge is -2.22. The maximum Gasteiger partial charge on any atom is 0.261 e. The first kappa shape index (κ1) is 18.0. The highest BCUT2D eigenvalue weighted by molar-refractivity contribution is 7.99. The average Bonchev–Trinajstić information content (AvgIpc) is 3.48. The molecule has 0 saturated heterocycles. The minimum Gasteiger partial charge on any atom is -0.352 e. The number of carbonyl (C=O) groups excluding carboxylic acids is 2. The third-order valence-corrected chi connectivity index (χ3v) is 5.89. The van der Waals surface area contributed by atoms with Crippen molar-refractivity contribution in [2.75, 3.05) is 11.4 Å². The van der Waals surface area contributed by atoms with Crippen LogP contribution in [-0.2, 0) is 0 Å². The number of aromatic nitrogens is 1. The predicted octanol–water partition coefficient (Wildman–Crippen LogP) is 4.13. The number of benzene rings is 1.